The number of halogens is 1. The van der Waals surface area contributed by atoms with Crippen molar-refractivity contribution < 1.29 is 14.0 Å². The van der Waals surface area contributed by atoms with Crippen molar-refractivity contribution >= 4 is 40.3 Å². The first kappa shape index (κ1) is 26.0. The van der Waals surface area contributed by atoms with Crippen LogP contribution in [-0.4, -0.2) is 34.1 Å². The third-order valence-corrected chi connectivity index (χ3v) is 9.68. The van der Waals surface area contributed by atoms with Gasteiger partial charge in [-0.25, -0.2) is 0 Å². The van der Waals surface area contributed by atoms with Crippen LogP contribution in [0.5, 0.6) is 5.75 Å². The topological polar surface area (TPSA) is 38.3 Å². The molecule has 5 heteroatoms. The van der Waals surface area contributed by atoms with Crippen molar-refractivity contribution in [1.82, 2.24) is 0 Å². The van der Waals surface area contributed by atoms with Crippen LogP contribution in [0.1, 0.15) is 49.3 Å². The highest BCUT2D eigenvalue weighted by molar-refractivity contribution is 14.1. The van der Waals surface area contributed by atoms with Crippen molar-refractivity contribution in [2.75, 3.05) is 25.0 Å². The molecule has 4 nitrogen and oxygen atoms in total. The summed E-state index contributed by atoms with van der Waals surface area (Å²) in [7, 11) is 0. The van der Waals surface area contributed by atoms with Gasteiger partial charge in [-0.2, -0.15) is 0 Å². The molecule has 3 aromatic rings. The Bertz CT molecular complexity index is 1280. The summed E-state index contributed by atoms with van der Waals surface area (Å²) in [6.45, 7) is 8.37. The number of hydrogen-bond donors (Lipinski definition) is 1. The number of benzene rings is 3. The van der Waals surface area contributed by atoms with Crippen LogP contribution in [0.3, 0.4) is 0 Å². The first-order valence-electron chi connectivity index (χ1n) is 13.4. The van der Waals surface area contributed by atoms with E-state index in [-0.39, 0.29) is 5.91 Å². The third kappa shape index (κ3) is 5.93. The van der Waals surface area contributed by atoms with Crippen LogP contribution in [0.4, 0.5) is 5.69 Å². The van der Waals surface area contributed by atoms with Gasteiger partial charge in [0, 0.05) is 35.2 Å². The number of anilines is 1. The van der Waals surface area contributed by atoms with Gasteiger partial charge in [-0.3, -0.25) is 4.79 Å². The highest BCUT2D eigenvalue weighted by Crippen LogP contribution is 2.33. The van der Waals surface area contributed by atoms with E-state index in [1.165, 1.54) is 36.9 Å². The number of amides is 1. The molecule has 1 amide bonds. The molecule has 0 aliphatic carbocycles. The second-order valence-electron chi connectivity index (χ2n) is 10.4. The number of rotatable bonds is 6. The molecule has 0 radical (unpaired) electrons. The standard InChI is InChI=1S/C32H35IN2O2/c1-3-35(18-5-4-6-31(35)33)22-24-9-14-29(15-10-24)34-32(36)27-17-19-37-30-16-13-26(20-28(30)21-27)25-11-7-23(2)8-12-25/h7-16,20-21,31H,3-6,17-19,22H2,1-2H3/p+1. The molecule has 1 N–H and O–H groups in total. The number of ether oxygens (including phenoxy) is 1. The molecular weight excluding hydrogens is 571 g/mol. The minimum Gasteiger partial charge on any atom is -0.493 e. The van der Waals surface area contributed by atoms with Crippen molar-refractivity contribution in [3.63, 3.8) is 0 Å². The predicted molar refractivity (Wildman–Crippen MR) is 161 cm³/mol. The van der Waals surface area contributed by atoms with E-state index < -0.39 is 0 Å². The summed E-state index contributed by atoms with van der Waals surface area (Å²) in [5.74, 6) is 0.757. The Morgan fingerprint density at radius 2 is 1.78 bits per heavy atom. The SMILES string of the molecule is CC[N+]1(Cc2ccc(NC(=O)C3=Cc4cc(-c5ccc(C)cc5)ccc4OCC3)cc2)CCCCC1I. The van der Waals surface area contributed by atoms with Crippen molar-refractivity contribution in [1.29, 1.82) is 0 Å². The van der Waals surface area contributed by atoms with Gasteiger partial charge in [-0.05, 0) is 90.7 Å². The zero-order valence-corrected chi connectivity index (χ0v) is 24.0. The molecule has 2 aliphatic rings. The van der Waals surface area contributed by atoms with Gasteiger partial charge >= 0.3 is 0 Å². The molecule has 1 saturated heterocycles. The minimum absolute atomic E-state index is 0.0645. The Balaban J connectivity index is 1.30. The molecule has 2 heterocycles. The Hall–Kier alpha value is -2.64. The lowest BCUT2D eigenvalue weighted by atomic mass is 10.00. The fourth-order valence-corrected chi connectivity index (χ4v) is 6.81. The lowest BCUT2D eigenvalue weighted by molar-refractivity contribution is -0.949. The zero-order chi connectivity index (χ0) is 25.8. The first-order valence-corrected chi connectivity index (χ1v) is 14.6. The van der Waals surface area contributed by atoms with E-state index in [2.05, 4.69) is 90.3 Å². The van der Waals surface area contributed by atoms with Gasteiger partial charge in [0.15, 0.2) is 0 Å². The van der Waals surface area contributed by atoms with Crippen molar-refractivity contribution in [3.8, 4) is 16.9 Å². The summed E-state index contributed by atoms with van der Waals surface area (Å²) < 4.78 is 7.80. The van der Waals surface area contributed by atoms with Gasteiger partial charge in [0.05, 0.1) is 19.7 Å². The normalized spacial score (nSPS) is 21.3. The Morgan fingerprint density at radius 3 is 2.51 bits per heavy atom. The van der Waals surface area contributed by atoms with Gasteiger partial charge < -0.3 is 14.5 Å². The molecule has 1 fully saturated rings. The van der Waals surface area contributed by atoms with E-state index in [0.29, 0.717) is 17.1 Å². The van der Waals surface area contributed by atoms with Gasteiger partial charge in [0.1, 0.15) is 16.3 Å². The van der Waals surface area contributed by atoms with Gasteiger partial charge in [-0.15, -0.1) is 0 Å². The maximum absolute atomic E-state index is 13.2. The van der Waals surface area contributed by atoms with Crippen molar-refractivity contribution in [2.24, 2.45) is 0 Å². The van der Waals surface area contributed by atoms with E-state index in [0.717, 1.165) is 51.3 Å². The highest BCUT2D eigenvalue weighted by Gasteiger charge is 2.36. The average molecular weight is 608 g/mol. The molecule has 3 aromatic carbocycles. The molecule has 0 spiro atoms. The van der Waals surface area contributed by atoms with E-state index in [4.69, 9.17) is 4.74 Å². The molecule has 0 aromatic heterocycles. The number of alkyl halides is 1. The van der Waals surface area contributed by atoms with Gasteiger partial charge in [0.2, 0.25) is 0 Å². The zero-order valence-electron chi connectivity index (χ0n) is 21.8. The lowest BCUT2D eigenvalue weighted by Gasteiger charge is -2.45. The summed E-state index contributed by atoms with van der Waals surface area (Å²) in [5.41, 5.74) is 7.36. The predicted octanol–water partition coefficient (Wildman–Crippen LogP) is 7.75. The molecule has 2 atom stereocenters. The summed E-state index contributed by atoms with van der Waals surface area (Å²) in [6.07, 6.45) is 6.52. The number of nitrogens with one attached hydrogen (secondary N) is 1. The summed E-state index contributed by atoms with van der Waals surface area (Å²) in [4.78, 5) is 13.2. The van der Waals surface area contributed by atoms with E-state index in [1.807, 2.05) is 24.3 Å². The van der Waals surface area contributed by atoms with E-state index in [9.17, 15) is 4.79 Å². The number of quaternary nitrogens is 1. The van der Waals surface area contributed by atoms with Crippen LogP contribution >= 0.6 is 22.6 Å². The smallest absolute Gasteiger partial charge is 0.251 e. The van der Waals surface area contributed by atoms with Crippen LogP contribution in [0, 0.1) is 6.92 Å². The highest BCUT2D eigenvalue weighted by atomic mass is 127. The summed E-state index contributed by atoms with van der Waals surface area (Å²) >= 11 is 2.65. The number of hydrogen-bond acceptors (Lipinski definition) is 2. The van der Waals surface area contributed by atoms with E-state index >= 15 is 0 Å². The molecule has 2 aliphatic heterocycles. The summed E-state index contributed by atoms with van der Waals surface area (Å²) in [6, 6.07) is 23.1. The largest absolute Gasteiger partial charge is 0.493 e. The van der Waals surface area contributed by atoms with Crippen LogP contribution in [0.25, 0.3) is 17.2 Å². The molecule has 5 rings (SSSR count). The molecule has 2 unspecified atom stereocenters. The second-order valence-corrected chi connectivity index (χ2v) is 11.8. The number of nitrogens with zero attached hydrogens (tertiary/aromatic N) is 1. The fourth-order valence-electron chi connectivity index (χ4n) is 5.50. The molecule has 0 saturated carbocycles. The number of carbonyl (C=O) groups is 1. The Morgan fingerprint density at radius 1 is 1.03 bits per heavy atom. The monoisotopic (exact) mass is 607 g/mol. The number of likely N-dealkylation sites (tertiary alicyclic amines) is 1. The summed E-state index contributed by atoms with van der Waals surface area (Å²) in [5, 5.41) is 3.12. The maximum atomic E-state index is 13.2. The molecular formula is C32H36IN2O2+. The lowest BCUT2D eigenvalue weighted by Crippen LogP contribution is -2.54. The van der Waals surface area contributed by atoms with Crippen LogP contribution < -0.4 is 10.1 Å². The van der Waals surface area contributed by atoms with Gasteiger partial charge in [-0.1, -0.05) is 48.0 Å². The molecule has 192 valence electrons. The minimum atomic E-state index is -0.0645. The molecule has 0 bridgehead atoms. The maximum Gasteiger partial charge on any atom is 0.251 e. The second kappa shape index (κ2) is 11.4. The van der Waals surface area contributed by atoms with Crippen molar-refractivity contribution in [2.45, 2.75) is 50.1 Å². The number of carbonyl (C=O) groups excluding carboxylic acids is 1. The quantitative estimate of drug-likeness (QED) is 0.135. The van der Waals surface area contributed by atoms with Crippen LogP contribution in [0.2, 0.25) is 0 Å². The van der Waals surface area contributed by atoms with Crippen LogP contribution in [-0.2, 0) is 11.3 Å². The Labute approximate surface area is 234 Å². The molecule has 37 heavy (non-hydrogen) atoms. The van der Waals surface area contributed by atoms with Crippen molar-refractivity contribution in [3.05, 3.63) is 89.0 Å². The van der Waals surface area contributed by atoms with Crippen LogP contribution in [0.15, 0.2) is 72.3 Å². The number of piperidine rings is 1. The fraction of sp³-hybridized carbons (Fsp3) is 0.344. The first-order chi connectivity index (χ1) is 18.0. The van der Waals surface area contributed by atoms with Gasteiger partial charge in [0.25, 0.3) is 5.91 Å². The Kier molecular flexibility index (Phi) is 8.01. The third-order valence-electron chi connectivity index (χ3n) is 7.87. The number of fused-ring (bicyclic) bond motifs is 1. The van der Waals surface area contributed by atoms with E-state index in [1.54, 1.807) is 0 Å². The number of aryl methyl sites for hydroxylation is 1. The average Bonchev–Trinajstić information content (AvgIpc) is 3.14.